The van der Waals surface area contributed by atoms with E-state index in [9.17, 15) is 0 Å². The minimum atomic E-state index is 0.241. The zero-order valence-electron chi connectivity index (χ0n) is 9.07. The molecule has 2 rings (SSSR count). The number of thiophene rings is 1. The second kappa shape index (κ2) is 4.86. The molecule has 15 heavy (non-hydrogen) atoms. The molecule has 0 aliphatic rings. The first-order valence-electron chi connectivity index (χ1n) is 5.09. The average molecular weight is 235 g/mol. The van der Waals surface area contributed by atoms with Gasteiger partial charge in [-0.25, -0.2) is 0 Å². The van der Waals surface area contributed by atoms with Gasteiger partial charge < -0.3 is 0 Å². The summed E-state index contributed by atoms with van der Waals surface area (Å²) in [5.41, 5.74) is 1.46. The highest BCUT2D eigenvalue weighted by Gasteiger charge is 2.20. The molecule has 0 nitrogen and oxygen atoms in total. The van der Waals surface area contributed by atoms with Crippen molar-refractivity contribution < 1.29 is 0 Å². The second-order valence-corrected chi connectivity index (χ2v) is 6.55. The zero-order chi connectivity index (χ0) is 10.7. The highest BCUT2D eigenvalue weighted by atomic mass is 32.2. The summed E-state index contributed by atoms with van der Waals surface area (Å²) in [7, 11) is 0.241. The van der Waals surface area contributed by atoms with Crippen molar-refractivity contribution in [3.63, 3.8) is 0 Å². The number of rotatable bonds is 3. The van der Waals surface area contributed by atoms with E-state index >= 15 is 0 Å². The van der Waals surface area contributed by atoms with E-state index in [4.69, 9.17) is 0 Å². The standard InChI is InChI=1S/C13H15S2/c1-3-11-9-13(14-10-11)15(2)12-7-5-4-6-8-12/h4-10H,3H2,1-2H3/q+1. The summed E-state index contributed by atoms with van der Waals surface area (Å²) < 4.78 is 1.50. The van der Waals surface area contributed by atoms with Gasteiger partial charge in [-0.05, 0) is 29.5 Å². The van der Waals surface area contributed by atoms with Gasteiger partial charge in [0.25, 0.3) is 0 Å². The molecule has 0 amide bonds. The summed E-state index contributed by atoms with van der Waals surface area (Å²) in [6.45, 7) is 2.21. The third kappa shape index (κ3) is 2.44. The topological polar surface area (TPSA) is 0 Å². The van der Waals surface area contributed by atoms with Gasteiger partial charge in [0.05, 0.1) is 10.9 Å². The first-order valence-corrected chi connectivity index (χ1v) is 7.61. The fourth-order valence-electron chi connectivity index (χ4n) is 1.44. The maximum absolute atomic E-state index is 2.35. The monoisotopic (exact) mass is 235 g/mol. The Bertz CT molecular complexity index is 417. The predicted octanol–water partition coefficient (Wildman–Crippen LogP) is 3.98. The first-order chi connectivity index (χ1) is 7.31. The molecule has 0 saturated heterocycles. The Labute approximate surface area is 98.3 Å². The molecular weight excluding hydrogens is 220 g/mol. The molecule has 1 unspecified atom stereocenters. The molecule has 0 aliphatic heterocycles. The summed E-state index contributed by atoms with van der Waals surface area (Å²) in [4.78, 5) is 1.43. The Hall–Kier alpha value is -0.730. The van der Waals surface area contributed by atoms with Crippen molar-refractivity contribution in [1.82, 2.24) is 0 Å². The van der Waals surface area contributed by atoms with Gasteiger partial charge in [-0.1, -0.05) is 36.5 Å². The summed E-state index contributed by atoms with van der Waals surface area (Å²) >= 11 is 1.89. The lowest BCUT2D eigenvalue weighted by Crippen LogP contribution is -1.97. The van der Waals surface area contributed by atoms with Crippen LogP contribution in [0.2, 0.25) is 0 Å². The summed E-state index contributed by atoms with van der Waals surface area (Å²) in [5, 5.41) is 2.28. The van der Waals surface area contributed by atoms with E-state index in [-0.39, 0.29) is 10.9 Å². The molecule has 1 heterocycles. The lowest BCUT2D eigenvalue weighted by atomic mass is 10.3. The Morgan fingerprint density at radius 3 is 2.53 bits per heavy atom. The summed E-state index contributed by atoms with van der Waals surface area (Å²) in [5.74, 6) is 0. The molecule has 1 atom stereocenters. The maximum Gasteiger partial charge on any atom is 0.214 e. The van der Waals surface area contributed by atoms with Crippen molar-refractivity contribution in [3.8, 4) is 0 Å². The minimum absolute atomic E-state index is 0.241. The van der Waals surface area contributed by atoms with Crippen LogP contribution in [0.25, 0.3) is 0 Å². The van der Waals surface area contributed by atoms with Gasteiger partial charge >= 0.3 is 0 Å². The number of aryl methyl sites for hydroxylation is 1. The summed E-state index contributed by atoms with van der Waals surface area (Å²) in [6.07, 6.45) is 3.45. The van der Waals surface area contributed by atoms with E-state index in [1.54, 1.807) is 0 Å². The van der Waals surface area contributed by atoms with E-state index < -0.39 is 0 Å². The van der Waals surface area contributed by atoms with Gasteiger partial charge in [-0.3, -0.25) is 0 Å². The molecule has 2 heteroatoms. The van der Waals surface area contributed by atoms with Crippen LogP contribution in [-0.2, 0) is 17.3 Å². The third-order valence-electron chi connectivity index (χ3n) is 2.44. The molecule has 0 N–H and O–H groups in total. The fraction of sp³-hybridized carbons (Fsp3) is 0.231. The van der Waals surface area contributed by atoms with Crippen LogP contribution in [0, 0.1) is 0 Å². The fourth-order valence-corrected chi connectivity index (χ4v) is 4.30. The van der Waals surface area contributed by atoms with Crippen LogP contribution < -0.4 is 0 Å². The van der Waals surface area contributed by atoms with E-state index in [0.717, 1.165) is 6.42 Å². The molecule has 0 bridgehead atoms. The molecule has 0 fully saturated rings. The first kappa shape index (κ1) is 10.8. The smallest absolute Gasteiger partial charge is 0.0938 e. The van der Waals surface area contributed by atoms with Crippen molar-refractivity contribution in [2.45, 2.75) is 22.4 Å². The van der Waals surface area contributed by atoms with E-state index in [1.807, 2.05) is 11.3 Å². The van der Waals surface area contributed by atoms with Crippen molar-refractivity contribution in [2.24, 2.45) is 0 Å². The number of hydrogen-bond acceptors (Lipinski definition) is 1. The van der Waals surface area contributed by atoms with Crippen LogP contribution in [-0.4, -0.2) is 6.26 Å². The SMILES string of the molecule is CCc1csc([S+](C)c2ccccc2)c1. The van der Waals surface area contributed by atoms with Gasteiger partial charge in [0.2, 0.25) is 4.21 Å². The molecular formula is C13H15S2+. The van der Waals surface area contributed by atoms with Crippen molar-refractivity contribution in [1.29, 1.82) is 0 Å². The maximum atomic E-state index is 2.35. The van der Waals surface area contributed by atoms with E-state index in [0.29, 0.717) is 0 Å². The van der Waals surface area contributed by atoms with Crippen molar-refractivity contribution in [2.75, 3.05) is 6.26 Å². The quantitative estimate of drug-likeness (QED) is 0.706. The Morgan fingerprint density at radius 2 is 1.93 bits per heavy atom. The molecule has 0 aliphatic carbocycles. The molecule has 1 aromatic carbocycles. The Morgan fingerprint density at radius 1 is 1.20 bits per heavy atom. The Balaban J connectivity index is 2.24. The van der Waals surface area contributed by atoms with Crippen LogP contribution in [0.1, 0.15) is 12.5 Å². The molecule has 0 radical (unpaired) electrons. The van der Waals surface area contributed by atoms with E-state index in [2.05, 4.69) is 55.0 Å². The number of hydrogen-bond donors (Lipinski definition) is 0. The lowest BCUT2D eigenvalue weighted by Gasteiger charge is -1.97. The highest BCUT2D eigenvalue weighted by Crippen LogP contribution is 2.27. The lowest BCUT2D eigenvalue weighted by molar-refractivity contribution is 1.15. The predicted molar refractivity (Wildman–Crippen MR) is 70.0 cm³/mol. The van der Waals surface area contributed by atoms with Gasteiger partial charge in [-0.2, -0.15) is 0 Å². The number of benzene rings is 1. The zero-order valence-corrected chi connectivity index (χ0v) is 10.7. The third-order valence-corrected chi connectivity index (χ3v) is 5.95. The van der Waals surface area contributed by atoms with Gasteiger partial charge in [0.1, 0.15) is 6.26 Å². The van der Waals surface area contributed by atoms with Crippen LogP contribution >= 0.6 is 11.3 Å². The highest BCUT2D eigenvalue weighted by molar-refractivity contribution is 7.98. The van der Waals surface area contributed by atoms with Gasteiger partial charge in [0.15, 0.2) is 4.90 Å². The molecule has 78 valence electrons. The molecule has 0 saturated carbocycles. The normalized spacial score (nSPS) is 12.7. The molecule has 0 spiro atoms. The summed E-state index contributed by atoms with van der Waals surface area (Å²) in [6, 6.07) is 13.1. The van der Waals surface area contributed by atoms with Crippen LogP contribution in [0.5, 0.6) is 0 Å². The second-order valence-electron chi connectivity index (χ2n) is 3.45. The van der Waals surface area contributed by atoms with Gasteiger partial charge in [0, 0.05) is 6.07 Å². The van der Waals surface area contributed by atoms with Crippen molar-refractivity contribution >= 4 is 22.2 Å². The van der Waals surface area contributed by atoms with Gasteiger partial charge in [-0.15, -0.1) is 0 Å². The van der Waals surface area contributed by atoms with Crippen LogP contribution in [0.3, 0.4) is 0 Å². The molecule has 2 aromatic rings. The Kier molecular flexibility index (Phi) is 3.49. The van der Waals surface area contributed by atoms with Crippen LogP contribution in [0.15, 0.2) is 50.9 Å². The van der Waals surface area contributed by atoms with E-state index in [1.165, 1.54) is 14.7 Å². The average Bonchev–Trinajstić information content (AvgIpc) is 2.78. The van der Waals surface area contributed by atoms with Crippen LogP contribution in [0.4, 0.5) is 0 Å². The molecule has 1 aromatic heterocycles. The largest absolute Gasteiger partial charge is 0.214 e. The minimum Gasteiger partial charge on any atom is -0.0938 e. The van der Waals surface area contributed by atoms with Crippen molar-refractivity contribution in [3.05, 3.63) is 47.3 Å².